The van der Waals surface area contributed by atoms with Crippen molar-refractivity contribution in [2.45, 2.75) is 45.7 Å². The second-order valence-electron chi connectivity index (χ2n) is 6.60. The van der Waals surface area contributed by atoms with Crippen LogP contribution in [0.15, 0.2) is 23.5 Å². The van der Waals surface area contributed by atoms with Gasteiger partial charge in [-0.2, -0.15) is 5.10 Å². The highest BCUT2D eigenvalue weighted by molar-refractivity contribution is 5.79. The molecule has 1 fully saturated rings. The summed E-state index contributed by atoms with van der Waals surface area (Å²) in [6.45, 7) is 9.86. The van der Waals surface area contributed by atoms with Crippen LogP contribution in [-0.4, -0.2) is 59.9 Å². The first-order valence-corrected chi connectivity index (χ1v) is 8.85. The number of hydrogen-bond donors (Lipinski definition) is 2. The molecule has 0 aromatic carbocycles. The molecule has 2 heterocycles. The van der Waals surface area contributed by atoms with E-state index in [0.717, 1.165) is 32.0 Å². The molecule has 1 unspecified atom stereocenters. The molecule has 130 valence electrons. The van der Waals surface area contributed by atoms with Gasteiger partial charge in [0.25, 0.3) is 0 Å². The highest BCUT2D eigenvalue weighted by atomic mass is 15.3. The molecular formula is C17H32N6. The third-order valence-corrected chi connectivity index (χ3v) is 4.48. The van der Waals surface area contributed by atoms with Gasteiger partial charge in [0.15, 0.2) is 5.96 Å². The first-order valence-electron chi connectivity index (χ1n) is 8.85. The van der Waals surface area contributed by atoms with Crippen molar-refractivity contribution >= 4 is 5.96 Å². The van der Waals surface area contributed by atoms with E-state index in [1.54, 1.807) is 0 Å². The zero-order valence-electron chi connectivity index (χ0n) is 14.8. The SMILES string of the molecule is CN=C(NCCCn1cccn1)NCC1CCCN(C(C)C)C1. The van der Waals surface area contributed by atoms with Crippen LogP contribution in [0, 0.1) is 5.92 Å². The second-order valence-corrected chi connectivity index (χ2v) is 6.60. The van der Waals surface area contributed by atoms with Crippen LogP contribution >= 0.6 is 0 Å². The number of aromatic nitrogens is 2. The largest absolute Gasteiger partial charge is 0.356 e. The van der Waals surface area contributed by atoms with Crippen molar-refractivity contribution in [3.63, 3.8) is 0 Å². The van der Waals surface area contributed by atoms with Gasteiger partial charge in [0, 0.05) is 51.7 Å². The molecule has 1 atom stereocenters. The summed E-state index contributed by atoms with van der Waals surface area (Å²) in [5.74, 6) is 1.63. The van der Waals surface area contributed by atoms with Crippen molar-refractivity contribution in [2.75, 3.05) is 33.2 Å². The van der Waals surface area contributed by atoms with Gasteiger partial charge in [-0.05, 0) is 51.6 Å². The van der Waals surface area contributed by atoms with Gasteiger partial charge in [0.05, 0.1) is 0 Å². The minimum Gasteiger partial charge on any atom is -0.356 e. The van der Waals surface area contributed by atoms with Crippen molar-refractivity contribution in [3.8, 4) is 0 Å². The minimum atomic E-state index is 0.650. The van der Waals surface area contributed by atoms with Crippen molar-refractivity contribution in [1.82, 2.24) is 25.3 Å². The van der Waals surface area contributed by atoms with Gasteiger partial charge in [-0.1, -0.05) is 0 Å². The molecule has 0 amide bonds. The Kier molecular flexibility index (Phi) is 7.39. The normalized spacial score (nSPS) is 20.0. The number of rotatable bonds is 7. The number of piperidine rings is 1. The predicted octanol–water partition coefficient (Wildman–Crippen LogP) is 1.56. The standard InChI is InChI=1S/C17H32N6/c1-15(2)22-10-4-7-16(14-22)13-20-17(18-3)19-8-5-11-23-12-6-9-21-23/h6,9,12,15-16H,4-5,7-8,10-11,13-14H2,1-3H3,(H2,18,19,20). The number of nitrogens with one attached hydrogen (secondary N) is 2. The number of guanidine groups is 1. The van der Waals surface area contributed by atoms with E-state index in [4.69, 9.17) is 0 Å². The average Bonchev–Trinajstić information content (AvgIpc) is 3.08. The molecule has 23 heavy (non-hydrogen) atoms. The summed E-state index contributed by atoms with van der Waals surface area (Å²) in [6.07, 6.45) is 7.47. The molecule has 1 aliphatic heterocycles. The van der Waals surface area contributed by atoms with Crippen LogP contribution in [0.3, 0.4) is 0 Å². The van der Waals surface area contributed by atoms with E-state index in [9.17, 15) is 0 Å². The Morgan fingerprint density at radius 3 is 2.96 bits per heavy atom. The van der Waals surface area contributed by atoms with E-state index in [-0.39, 0.29) is 0 Å². The topological polar surface area (TPSA) is 57.5 Å². The van der Waals surface area contributed by atoms with Crippen molar-refractivity contribution in [2.24, 2.45) is 10.9 Å². The smallest absolute Gasteiger partial charge is 0.190 e. The van der Waals surface area contributed by atoms with E-state index < -0.39 is 0 Å². The Labute approximate surface area is 140 Å². The zero-order chi connectivity index (χ0) is 16.5. The van der Waals surface area contributed by atoms with Crippen LogP contribution in [-0.2, 0) is 6.54 Å². The molecule has 6 nitrogen and oxygen atoms in total. The van der Waals surface area contributed by atoms with Gasteiger partial charge in [-0.25, -0.2) is 0 Å². The fraction of sp³-hybridized carbons (Fsp3) is 0.765. The van der Waals surface area contributed by atoms with Crippen LogP contribution < -0.4 is 10.6 Å². The van der Waals surface area contributed by atoms with Gasteiger partial charge >= 0.3 is 0 Å². The number of hydrogen-bond acceptors (Lipinski definition) is 3. The van der Waals surface area contributed by atoms with Gasteiger partial charge in [0.1, 0.15) is 0 Å². The quantitative estimate of drug-likeness (QED) is 0.455. The Morgan fingerprint density at radius 1 is 1.39 bits per heavy atom. The molecule has 1 aromatic heterocycles. The molecule has 0 spiro atoms. The van der Waals surface area contributed by atoms with Gasteiger partial charge in [-0.3, -0.25) is 9.67 Å². The van der Waals surface area contributed by atoms with Crippen LogP contribution in [0.4, 0.5) is 0 Å². The predicted molar refractivity (Wildman–Crippen MR) is 95.6 cm³/mol. The van der Waals surface area contributed by atoms with Crippen LogP contribution in [0.1, 0.15) is 33.1 Å². The lowest BCUT2D eigenvalue weighted by atomic mass is 9.97. The maximum Gasteiger partial charge on any atom is 0.190 e. The molecule has 0 aliphatic carbocycles. The first kappa shape index (κ1) is 17.8. The minimum absolute atomic E-state index is 0.650. The molecule has 1 aromatic rings. The van der Waals surface area contributed by atoms with E-state index in [1.165, 1.54) is 25.9 Å². The summed E-state index contributed by atoms with van der Waals surface area (Å²) in [4.78, 5) is 6.90. The molecule has 1 aliphatic rings. The van der Waals surface area contributed by atoms with Crippen LogP contribution in [0.2, 0.25) is 0 Å². The summed E-state index contributed by atoms with van der Waals surface area (Å²) >= 11 is 0. The van der Waals surface area contributed by atoms with E-state index in [2.05, 4.69) is 39.5 Å². The average molecular weight is 320 g/mol. The van der Waals surface area contributed by atoms with Gasteiger partial charge in [-0.15, -0.1) is 0 Å². The Bertz CT molecular complexity index is 454. The van der Waals surface area contributed by atoms with Crippen molar-refractivity contribution in [3.05, 3.63) is 18.5 Å². The Hall–Kier alpha value is -1.56. The molecule has 2 N–H and O–H groups in total. The summed E-state index contributed by atoms with van der Waals surface area (Å²) < 4.78 is 1.96. The van der Waals surface area contributed by atoms with Gasteiger partial charge < -0.3 is 15.5 Å². The highest BCUT2D eigenvalue weighted by Gasteiger charge is 2.21. The van der Waals surface area contributed by atoms with Crippen molar-refractivity contribution < 1.29 is 0 Å². The summed E-state index contributed by atoms with van der Waals surface area (Å²) in [6, 6.07) is 2.61. The van der Waals surface area contributed by atoms with E-state index in [1.807, 2.05) is 30.2 Å². The Balaban J connectivity index is 1.62. The number of nitrogens with zero attached hydrogens (tertiary/aromatic N) is 4. The molecule has 0 radical (unpaired) electrons. The first-order chi connectivity index (χ1) is 11.2. The second kappa shape index (κ2) is 9.55. The molecule has 1 saturated heterocycles. The third kappa shape index (κ3) is 6.22. The number of aryl methyl sites for hydroxylation is 1. The lowest BCUT2D eigenvalue weighted by molar-refractivity contribution is 0.141. The molecule has 0 saturated carbocycles. The van der Waals surface area contributed by atoms with Crippen molar-refractivity contribution in [1.29, 1.82) is 0 Å². The van der Waals surface area contributed by atoms with E-state index >= 15 is 0 Å². The number of aliphatic imine (C=N–C) groups is 1. The maximum atomic E-state index is 4.32. The van der Waals surface area contributed by atoms with Crippen LogP contribution in [0.5, 0.6) is 0 Å². The lowest BCUT2D eigenvalue weighted by Crippen LogP contribution is -2.46. The monoisotopic (exact) mass is 320 g/mol. The molecule has 6 heteroatoms. The summed E-state index contributed by atoms with van der Waals surface area (Å²) in [5.41, 5.74) is 0. The number of likely N-dealkylation sites (tertiary alicyclic amines) is 1. The van der Waals surface area contributed by atoms with Gasteiger partial charge in [0.2, 0.25) is 0 Å². The fourth-order valence-electron chi connectivity index (χ4n) is 3.08. The lowest BCUT2D eigenvalue weighted by Gasteiger charge is -2.35. The van der Waals surface area contributed by atoms with E-state index in [0.29, 0.717) is 12.0 Å². The fourth-order valence-corrected chi connectivity index (χ4v) is 3.08. The summed E-state index contributed by atoms with van der Waals surface area (Å²) in [5, 5.41) is 11.1. The summed E-state index contributed by atoms with van der Waals surface area (Å²) in [7, 11) is 1.84. The highest BCUT2D eigenvalue weighted by Crippen LogP contribution is 2.17. The Morgan fingerprint density at radius 2 is 2.26 bits per heavy atom. The third-order valence-electron chi connectivity index (χ3n) is 4.48. The maximum absolute atomic E-state index is 4.32. The van der Waals surface area contributed by atoms with Crippen LogP contribution in [0.25, 0.3) is 0 Å². The molecular weight excluding hydrogens is 288 g/mol. The molecule has 0 bridgehead atoms. The molecule has 2 rings (SSSR count). The zero-order valence-corrected chi connectivity index (χ0v) is 14.8.